The lowest BCUT2D eigenvalue weighted by Gasteiger charge is -2.17. The molecule has 0 aromatic heterocycles. The monoisotopic (exact) mass is 315 g/mol. The van der Waals surface area contributed by atoms with Crippen LogP contribution in [0.3, 0.4) is 0 Å². The quantitative estimate of drug-likeness (QED) is 0.722. The summed E-state index contributed by atoms with van der Waals surface area (Å²) < 4.78 is 31.1. The number of amides is 1. The van der Waals surface area contributed by atoms with Crippen molar-refractivity contribution in [3.63, 3.8) is 0 Å². The van der Waals surface area contributed by atoms with E-state index in [9.17, 15) is 18.4 Å². The van der Waals surface area contributed by atoms with Crippen molar-refractivity contribution in [1.29, 1.82) is 0 Å². The fourth-order valence-corrected chi connectivity index (χ4v) is 1.77. The van der Waals surface area contributed by atoms with E-state index in [1.54, 1.807) is 13.8 Å². The number of aliphatic carboxylic acids is 1. The minimum absolute atomic E-state index is 0.0549. The van der Waals surface area contributed by atoms with Crippen LogP contribution in [-0.4, -0.2) is 29.6 Å². The van der Waals surface area contributed by atoms with Crippen LogP contribution in [0.15, 0.2) is 18.2 Å². The van der Waals surface area contributed by atoms with Gasteiger partial charge in [0, 0.05) is 12.5 Å². The molecular formula is C15H19F2NO4. The molecule has 1 rings (SSSR count). The van der Waals surface area contributed by atoms with Gasteiger partial charge in [0.2, 0.25) is 5.91 Å². The van der Waals surface area contributed by atoms with Gasteiger partial charge in [-0.2, -0.15) is 0 Å². The van der Waals surface area contributed by atoms with E-state index in [4.69, 9.17) is 9.84 Å². The number of carbonyl (C=O) groups excluding carboxylic acids is 1. The van der Waals surface area contributed by atoms with Gasteiger partial charge in [-0.05, 0) is 24.5 Å². The molecule has 0 aliphatic carbocycles. The lowest BCUT2D eigenvalue weighted by molar-refractivity contribution is -0.143. The van der Waals surface area contributed by atoms with Gasteiger partial charge in [-0.15, -0.1) is 0 Å². The molecule has 0 radical (unpaired) electrons. The van der Waals surface area contributed by atoms with Crippen LogP contribution in [0.5, 0.6) is 5.75 Å². The molecule has 0 unspecified atom stereocenters. The number of rotatable bonds is 8. The second-order valence-corrected chi connectivity index (χ2v) is 5.15. The lowest BCUT2D eigenvalue weighted by atomic mass is 10.0. The van der Waals surface area contributed by atoms with E-state index in [0.717, 1.165) is 6.07 Å². The highest BCUT2D eigenvalue weighted by Gasteiger charge is 2.22. The largest absolute Gasteiger partial charge is 0.491 e. The third-order valence-electron chi connectivity index (χ3n) is 2.95. The summed E-state index contributed by atoms with van der Waals surface area (Å²) in [6.45, 7) is 3.45. The molecule has 1 aromatic rings. The molecule has 0 bridgehead atoms. The Morgan fingerprint density at radius 3 is 2.55 bits per heavy atom. The average Bonchev–Trinajstić information content (AvgIpc) is 2.42. The Hall–Kier alpha value is -2.18. The smallest absolute Gasteiger partial charge is 0.326 e. The third kappa shape index (κ3) is 5.67. The normalized spacial score (nSPS) is 12.0. The highest BCUT2D eigenvalue weighted by atomic mass is 19.1. The summed E-state index contributed by atoms with van der Waals surface area (Å²) in [5, 5.41) is 11.4. The van der Waals surface area contributed by atoms with Gasteiger partial charge in [0.25, 0.3) is 0 Å². The number of benzene rings is 1. The molecule has 22 heavy (non-hydrogen) atoms. The van der Waals surface area contributed by atoms with Crippen molar-refractivity contribution in [3.8, 4) is 5.75 Å². The van der Waals surface area contributed by atoms with Gasteiger partial charge in [-0.1, -0.05) is 13.8 Å². The number of nitrogens with one attached hydrogen (secondary N) is 1. The highest BCUT2D eigenvalue weighted by Crippen LogP contribution is 2.17. The first-order valence-electron chi connectivity index (χ1n) is 6.91. The van der Waals surface area contributed by atoms with Gasteiger partial charge < -0.3 is 15.2 Å². The number of halogens is 2. The van der Waals surface area contributed by atoms with E-state index in [2.05, 4.69) is 5.32 Å². The Morgan fingerprint density at radius 1 is 1.32 bits per heavy atom. The molecule has 122 valence electrons. The first-order valence-corrected chi connectivity index (χ1v) is 6.91. The zero-order chi connectivity index (χ0) is 16.7. The molecule has 0 heterocycles. The Labute approximate surface area is 127 Å². The summed E-state index contributed by atoms with van der Waals surface area (Å²) in [6.07, 6.45) is 0.340. The molecule has 5 nitrogen and oxygen atoms in total. The van der Waals surface area contributed by atoms with Crippen LogP contribution < -0.4 is 10.1 Å². The average molecular weight is 315 g/mol. The summed E-state index contributed by atoms with van der Waals surface area (Å²) in [5.74, 6) is -3.33. The summed E-state index contributed by atoms with van der Waals surface area (Å²) in [4.78, 5) is 22.6. The molecule has 1 aromatic carbocycles. The summed E-state index contributed by atoms with van der Waals surface area (Å²) >= 11 is 0. The van der Waals surface area contributed by atoms with Crippen LogP contribution in [0.4, 0.5) is 8.78 Å². The molecular weight excluding hydrogens is 296 g/mol. The molecule has 1 amide bonds. The van der Waals surface area contributed by atoms with Gasteiger partial charge in [0.05, 0.1) is 6.61 Å². The Bertz CT molecular complexity index is 534. The lowest BCUT2D eigenvalue weighted by Crippen LogP contribution is -2.44. The minimum Gasteiger partial charge on any atom is -0.491 e. The van der Waals surface area contributed by atoms with E-state index in [0.29, 0.717) is 6.07 Å². The zero-order valence-electron chi connectivity index (χ0n) is 12.4. The van der Waals surface area contributed by atoms with Crippen molar-refractivity contribution in [2.75, 3.05) is 6.61 Å². The van der Waals surface area contributed by atoms with Gasteiger partial charge in [-0.3, -0.25) is 4.79 Å². The van der Waals surface area contributed by atoms with Crippen molar-refractivity contribution < 1.29 is 28.2 Å². The molecule has 0 fully saturated rings. The Kier molecular flexibility index (Phi) is 6.75. The Morgan fingerprint density at radius 2 is 2.00 bits per heavy atom. The van der Waals surface area contributed by atoms with Crippen molar-refractivity contribution in [1.82, 2.24) is 5.32 Å². The molecule has 0 saturated heterocycles. The van der Waals surface area contributed by atoms with Crippen LogP contribution in [0, 0.1) is 17.6 Å². The van der Waals surface area contributed by atoms with Gasteiger partial charge in [0.15, 0.2) is 11.6 Å². The van der Waals surface area contributed by atoms with E-state index < -0.39 is 29.6 Å². The minimum atomic E-state index is -1.09. The standard InChI is InChI=1S/C15H19F2NO4/c1-9(2)14(15(20)21)18-13(19)4-3-7-22-12-6-5-10(16)8-11(12)17/h5-6,8-9,14H,3-4,7H2,1-2H3,(H,18,19)(H,20,21)/t14-/m0/s1. The fraction of sp³-hybridized carbons (Fsp3) is 0.467. The maximum absolute atomic E-state index is 13.3. The maximum Gasteiger partial charge on any atom is 0.326 e. The molecule has 0 aliphatic rings. The second-order valence-electron chi connectivity index (χ2n) is 5.15. The number of carboxylic acid groups (broad SMARTS) is 1. The number of hydrogen-bond acceptors (Lipinski definition) is 3. The molecule has 7 heteroatoms. The van der Waals surface area contributed by atoms with Crippen LogP contribution in [-0.2, 0) is 9.59 Å². The van der Waals surface area contributed by atoms with Gasteiger partial charge in [-0.25, -0.2) is 13.6 Å². The predicted octanol–water partition coefficient (Wildman–Crippen LogP) is 2.35. The van der Waals surface area contributed by atoms with Crippen LogP contribution in [0.25, 0.3) is 0 Å². The predicted molar refractivity (Wildman–Crippen MR) is 75.5 cm³/mol. The van der Waals surface area contributed by atoms with E-state index in [-0.39, 0.29) is 31.1 Å². The zero-order valence-corrected chi connectivity index (χ0v) is 12.4. The number of carboxylic acids is 1. The van der Waals surface area contributed by atoms with E-state index in [1.807, 2.05) is 0 Å². The number of carbonyl (C=O) groups is 2. The highest BCUT2D eigenvalue weighted by molar-refractivity contribution is 5.83. The van der Waals surface area contributed by atoms with Crippen molar-refractivity contribution >= 4 is 11.9 Å². The molecule has 1 atom stereocenters. The fourth-order valence-electron chi connectivity index (χ4n) is 1.77. The third-order valence-corrected chi connectivity index (χ3v) is 2.95. The molecule has 0 saturated carbocycles. The summed E-state index contributed by atoms with van der Waals surface area (Å²) in [5.41, 5.74) is 0. The van der Waals surface area contributed by atoms with E-state index in [1.165, 1.54) is 6.07 Å². The van der Waals surface area contributed by atoms with Crippen molar-refractivity contribution in [2.45, 2.75) is 32.7 Å². The first kappa shape index (κ1) is 17.9. The van der Waals surface area contributed by atoms with Crippen LogP contribution in [0.1, 0.15) is 26.7 Å². The Balaban J connectivity index is 2.35. The second kappa shape index (κ2) is 8.31. The summed E-state index contributed by atoms with van der Waals surface area (Å²) in [7, 11) is 0. The molecule has 0 aliphatic heterocycles. The maximum atomic E-state index is 13.3. The number of hydrogen-bond donors (Lipinski definition) is 2. The van der Waals surface area contributed by atoms with Crippen LogP contribution >= 0.6 is 0 Å². The van der Waals surface area contributed by atoms with Crippen LogP contribution in [0.2, 0.25) is 0 Å². The van der Waals surface area contributed by atoms with E-state index >= 15 is 0 Å². The van der Waals surface area contributed by atoms with Crippen molar-refractivity contribution in [3.05, 3.63) is 29.8 Å². The first-order chi connectivity index (χ1) is 10.3. The molecule has 0 spiro atoms. The summed E-state index contributed by atoms with van der Waals surface area (Å²) in [6, 6.07) is 2.01. The topological polar surface area (TPSA) is 75.6 Å². The van der Waals surface area contributed by atoms with Crippen molar-refractivity contribution in [2.24, 2.45) is 5.92 Å². The number of ether oxygens (including phenoxy) is 1. The SMILES string of the molecule is CC(C)[C@H](NC(=O)CCCOc1ccc(F)cc1F)C(=O)O. The van der Waals surface area contributed by atoms with Gasteiger partial charge >= 0.3 is 5.97 Å². The molecule has 2 N–H and O–H groups in total. The van der Waals surface area contributed by atoms with Gasteiger partial charge in [0.1, 0.15) is 11.9 Å².